The van der Waals surface area contributed by atoms with Gasteiger partial charge in [0, 0.05) is 26.7 Å². The average Bonchev–Trinajstić information content (AvgIpc) is 3.08. The SMILES string of the molecule is COCCn1nnc(C2CN(CCc3ccccc3)CCO2)n1. The van der Waals surface area contributed by atoms with Crippen LogP contribution >= 0.6 is 0 Å². The number of ether oxygens (including phenoxy) is 2. The Morgan fingerprint density at radius 3 is 2.96 bits per heavy atom. The molecule has 23 heavy (non-hydrogen) atoms. The number of nitrogens with zero attached hydrogens (tertiary/aromatic N) is 5. The van der Waals surface area contributed by atoms with Gasteiger partial charge in [-0.1, -0.05) is 30.3 Å². The summed E-state index contributed by atoms with van der Waals surface area (Å²) < 4.78 is 10.8. The van der Waals surface area contributed by atoms with Gasteiger partial charge in [-0.2, -0.15) is 4.80 Å². The van der Waals surface area contributed by atoms with E-state index in [9.17, 15) is 0 Å². The second-order valence-electron chi connectivity index (χ2n) is 5.63. The zero-order valence-electron chi connectivity index (χ0n) is 13.5. The van der Waals surface area contributed by atoms with Crippen molar-refractivity contribution in [1.29, 1.82) is 0 Å². The van der Waals surface area contributed by atoms with Crippen molar-refractivity contribution in [3.8, 4) is 0 Å². The van der Waals surface area contributed by atoms with Crippen molar-refractivity contribution in [1.82, 2.24) is 25.1 Å². The van der Waals surface area contributed by atoms with Crippen LogP contribution in [0.5, 0.6) is 0 Å². The normalized spacial score (nSPS) is 19.1. The summed E-state index contributed by atoms with van der Waals surface area (Å²) in [6, 6.07) is 10.5. The first kappa shape index (κ1) is 16.0. The van der Waals surface area contributed by atoms with Gasteiger partial charge in [0.15, 0.2) is 0 Å². The van der Waals surface area contributed by atoms with Gasteiger partial charge < -0.3 is 9.47 Å². The van der Waals surface area contributed by atoms with Crippen LogP contribution < -0.4 is 0 Å². The van der Waals surface area contributed by atoms with E-state index in [1.165, 1.54) is 5.56 Å². The van der Waals surface area contributed by atoms with Crippen molar-refractivity contribution in [2.24, 2.45) is 0 Å². The number of morpholine rings is 1. The summed E-state index contributed by atoms with van der Waals surface area (Å²) in [7, 11) is 1.66. The maximum atomic E-state index is 5.81. The lowest BCUT2D eigenvalue weighted by atomic mass is 10.1. The molecule has 3 rings (SSSR count). The lowest BCUT2D eigenvalue weighted by Gasteiger charge is -2.31. The van der Waals surface area contributed by atoms with Gasteiger partial charge in [0.1, 0.15) is 6.10 Å². The van der Waals surface area contributed by atoms with Gasteiger partial charge >= 0.3 is 0 Å². The highest BCUT2D eigenvalue weighted by Gasteiger charge is 2.25. The number of hydrogen-bond donors (Lipinski definition) is 0. The molecule has 1 aliphatic rings. The monoisotopic (exact) mass is 317 g/mol. The van der Waals surface area contributed by atoms with Crippen LogP contribution in [-0.4, -0.2) is 65.1 Å². The molecule has 2 aromatic rings. The van der Waals surface area contributed by atoms with Crippen LogP contribution in [0.3, 0.4) is 0 Å². The summed E-state index contributed by atoms with van der Waals surface area (Å²) in [4.78, 5) is 3.96. The van der Waals surface area contributed by atoms with E-state index in [-0.39, 0.29) is 6.10 Å². The Hall–Kier alpha value is -1.83. The molecule has 0 aliphatic carbocycles. The van der Waals surface area contributed by atoms with Crippen molar-refractivity contribution >= 4 is 0 Å². The molecule has 2 heterocycles. The van der Waals surface area contributed by atoms with E-state index in [1.807, 2.05) is 6.07 Å². The van der Waals surface area contributed by atoms with E-state index in [2.05, 4.69) is 44.6 Å². The third-order valence-corrected chi connectivity index (χ3v) is 3.96. The molecule has 1 unspecified atom stereocenters. The molecule has 1 aromatic carbocycles. The first-order chi connectivity index (χ1) is 11.3. The standard InChI is InChI=1S/C16H23N5O2/c1-22-11-10-21-18-16(17-19-21)15-13-20(9-12-23-15)8-7-14-5-3-2-4-6-14/h2-6,15H,7-13H2,1H3. The minimum atomic E-state index is -0.101. The highest BCUT2D eigenvalue weighted by molar-refractivity contribution is 5.14. The molecule has 1 saturated heterocycles. The predicted octanol–water partition coefficient (Wildman–Crippen LogP) is 0.935. The number of benzene rings is 1. The minimum Gasteiger partial charge on any atom is -0.383 e. The third-order valence-electron chi connectivity index (χ3n) is 3.96. The molecule has 0 amide bonds. The van der Waals surface area contributed by atoms with E-state index in [1.54, 1.807) is 11.9 Å². The Morgan fingerprint density at radius 1 is 1.26 bits per heavy atom. The van der Waals surface area contributed by atoms with Crippen LogP contribution in [0.2, 0.25) is 0 Å². The Labute approximate surface area is 136 Å². The zero-order valence-corrected chi connectivity index (χ0v) is 13.5. The van der Waals surface area contributed by atoms with E-state index >= 15 is 0 Å². The van der Waals surface area contributed by atoms with Gasteiger partial charge in [0.05, 0.1) is 19.8 Å². The molecule has 0 spiro atoms. The number of hydrogen-bond acceptors (Lipinski definition) is 6. The molecule has 0 radical (unpaired) electrons. The lowest BCUT2D eigenvalue weighted by molar-refractivity contribution is -0.0341. The van der Waals surface area contributed by atoms with E-state index in [0.717, 1.165) is 26.1 Å². The summed E-state index contributed by atoms with van der Waals surface area (Å²) in [5, 5.41) is 12.6. The quantitative estimate of drug-likeness (QED) is 0.757. The molecule has 1 aliphatic heterocycles. The second-order valence-corrected chi connectivity index (χ2v) is 5.63. The average molecular weight is 317 g/mol. The van der Waals surface area contributed by atoms with Crippen molar-refractivity contribution in [2.45, 2.75) is 19.1 Å². The van der Waals surface area contributed by atoms with Gasteiger partial charge in [-0.15, -0.1) is 10.2 Å². The Balaban J connectivity index is 1.52. The summed E-state index contributed by atoms with van der Waals surface area (Å²) in [5.41, 5.74) is 1.36. The molecule has 0 bridgehead atoms. The highest BCUT2D eigenvalue weighted by atomic mass is 16.5. The van der Waals surface area contributed by atoms with Crippen molar-refractivity contribution in [3.63, 3.8) is 0 Å². The maximum Gasteiger partial charge on any atom is 0.204 e. The fourth-order valence-electron chi connectivity index (χ4n) is 2.65. The van der Waals surface area contributed by atoms with Crippen LogP contribution in [-0.2, 0) is 22.4 Å². The smallest absolute Gasteiger partial charge is 0.204 e. The van der Waals surface area contributed by atoms with Crippen LogP contribution in [0.1, 0.15) is 17.5 Å². The Bertz CT molecular complexity index is 589. The summed E-state index contributed by atoms with van der Waals surface area (Å²) >= 11 is 0. The van der Waals surface area contributed by atoms with E-state index < -0.39 is 0 Å². The molecule has 0 N–H and O–H groups in total. The number of tetrazole rings is 1. The highest BCUT2D eigenvalue weighted by Crippen LogP contribution is 2.18. The summed E-state index contributed by atoms with van der Waals surface area (Å²) in [6.07, 6.45) is 0.942. The fraction of sp³-hybridized carbons (Fsp3) is 0.562. The molecular formula is C16H23N5O2. The van der Waals surface area contributed by atoms with Crippen LogP contribution in [0.15, 0.2) is 30.3 Å². The molecule has 1 atom stereocenters. The molecule has 1 fully saturated rings. The van der Waals surface area contributed by atoms with Gasteiger partial charge in [-0.3, -0.25) is 4.90 Å². The number of rotatable bonds is 7. The van der Waals surface area contributed by atoms with Crippen molar-refractivity contribution in [2.75, 3.05) is 40.0 Å². The Kier molecular flexibility index (Phi) is 5.68. The van der Waals surface area contributed by atoms with Gasteiger partial charge in [-0.05, 0) is 17.2 Å². The lowest BCUT2D eigenvalue weighted by Crippen LogP contribution is -2.39. The molecule has 124 valence electrons. The minimum absolute atomic E-state index is 0.101. The first-order valence-electron chi connectivity index (χ1n) is 7.99. The van der Waals surface area contributed by atoms with Crippen LogP contribution in [0.25, 0.3) is 0 Å². The molecule has 1 aromatic heterocycles. The maximum absolute atomic E-state index is 5.81. The van der Waals surface area contributed by atoms with E-state index in [4.69, 9.17) is 9.47 Å². The third kappa shape index (κ3) is 4.57. The summed E-state index contributed by atoms with van der Waals surface area (Å²) in [6.45, 7) is 4.65. The van der Waals surface area contributed by atoms with Gasteiger partial charge in [0.2, 0.25) is 5.82 Å². The molecule has 7 nitrogen and oxygen atoms in total. The molecular weight excluding hydrogens is 294 g/mol. The predicted molar refractivity (Wildman–Crippen MR) is 85.0 cm³/mol. The largest absolute Gasteiger partial charge is 0.383 e. The van der Waals surface area contributed by atoms with Crippen molar-refractivity contribution < 1.29 is 9.47 Å². The van der Waals surface area contributed by atoms with Crippen LogP contribution in [0, 0.1) is 0 Å². The Morgan fingerprint density at radius 2 is 2.13 bits per heavy atom. The number of methoxy groups -OCH3 is 1. The zero-order chi connectivity index (χ0) is 15.9. The molecule has 0 saturated carbocycles. The topological polar surface area (TPSA) is 65.3 Å². The first-order valence-corrected chi connectivity index (χ1v) is 7.99. The second kappa shape index (κ2) is 8.14. The summed E-state index contributed by atoms with van der Waals surface area (Å²) in [5.74, 6) is 0.658. The van der Waals surface area contributed by atoms with E-state index in [0.29, 0.717) is 25.6 Å². The van der Waals surface area contributed by atoms with Gasteiger partial charge in [0.25, 0.3) is 0 Å². The fourth-order valence-corrected chi connectivity index (χ4v) is 2.65. The van der Waals surface area contributed by atoms with Gasteiger partial charge in [-0.25, -0.2) is 0 Å². The van der Waals surface area contributed by atoms with Crippen LogP contribution in [0.4, 0.5) is 0 Å². The molecule has 7 heteroatoms. The number of aromatic nitrogens is 4. The van der Waals surface area contributed by atoms with Crippen molar-refractivity contribution in [3.05, 3.63) is 41.7 Å².